The van der Waals surface area contributed by atoms with E-state index in [9.17, 15) is 0 Å². The van der Waals surface area contributed by atoms with Gasteiger partial charge in [-0.25, -0.2) is 4.98 Å². The second kappa shape index (κ2) is 4.03. The lowest BCUT2D eigenvalue weighted by atomic mass is 10.2. The van der Waals surface area contributed by atoms with Crippen molar-refractivity contribution in [2.75, 3.05) is 13.1 Å². The average molecular weight is 194 g/mol. The second-order valence-electron chi connectivity index (χ2n) is 3.36. The lowest BCUT2D eigenvalue weighted by Crippen LogP contribution is -2.26. The van der Waals surface area contributed by atoms with Crippen LogP contribution in [0.25, 0.3) is 0 Å². The molecule has 2 heterocycles. The highest BCUT2D eigenvalue weighted by Crippen LogP contribution is 2.14. The van der Waals surface area contributed by atoms with Crippen LogP contribution in [0.5, 0.6) is 0 Å². The maximum Gasteiger partial charge on any atom is 0.107 e. The zero-order valence-corrected chi connectivity index (χ0v) is 8.68. The van der Waals surface area contributed by atoms with Crippen LogP contribution in [0.2, 0.25) is 0 Å². The molecule has 1 aliphatic rings. The van der Waals surface area contributed by atoms with Crippen molar-refractivity contribution in [1.82, 2.24) is 9.88 Å². The Morgan fingerprint density at radius 2 is 2.46 bits per heavy atom. The third kappa shape index (κ3) is 2.39. The predicted octanol–water partition coefficient (Wildman–Crippen LogP) is 2.21. The summed E-state index contributed by atoms with van der Waals surface area (Å²) in [6.07, 6.45) is 7.64. The van der Waals surface area contributed by atoms with Gasteiger partial charge in [-0.3, -0.25) is 4.90 Å². The summed E-state index contributed by atoms with van der Waals surface area (Å²) >= 11 is 1.80. The first-order valence-corrected chi connectivity index (χ1v) is 5.45. The molecule has 1 aliphatic heterocycles. The predicted molar refractivity (Wildman–Crippen MR) is 55.9 cm³/mol. The summed E-state index contributed by atoms with van der Waals surface area (Å²) < 4.78 is 0. The summed E-state index contributed by atoms with van der Waals surface area (Å²) in [5, 5.41) is 1.24. The van der Waals surface area contributed by atoms with Crippen molar-refractivity contribution in [3.8, 4) is 0 Å². The summed E-state index contributed by atoms with van der Waals surface area (Å²) in [5.74, 6) is 0. The van der Waals surface area contributed by atoms with Crippen LogP contribution in [0.15, 0.2) is 18.3 Å². The van der Waals surface area contributed by atoms with Gasteiger partial charge in [0.05, 0.1) is 6.54 Å². The molecule has 0 aromatic carbocycles. The van der Waals surface area contributed by atoms with Gasteiger partial charge in [0.25, 0.3) is 0 Å². The van der Waals surface area contributed by atoms with E-state index < -0.39 is 0 Å². The summed E-state index contributed by atoms with van der Waals surface area (Å²) in [6, 6.07) is 0. The zero-order chi connectivity index (χ0) is 9.10. The molecule has 0 bridgehead atoms. The first-order chi connectivity index (χ1) is 6.34. The molecule has 0 spiro atoms. The first kappa shape index (κ1) is 8.91. The third-order valence-electron chi connectivity index (χ3n) is 2.17. The van der Waals surface area contributed by atoms with Crippen LogP contribution in [-0.2, 0) is 6.54 Å². The van der Waals surface area contributed by atoms with Crippen LogP contribution < -0.4 is 0 Å². The number of rotatable bonds is 2. The van der Waals surface area contributed by atoms with Gasteiger partial charge in [0.15, 0.2) is 0 Å². The highest BCUT2D eigenvalue weighted by molar-refractivity contribution is 7.11. The normalized spacial score (nSPS) is 17.9. The summed E-state index contributed by atoms with van der Waals surface area (Å²) in [6.45, 7) is 5.38. The SMILES string of the molecule is Cc1cnc(CN2CC=CCC2)s1. The third-order valence-corrected chi connectivity index (χ3v) is 3.07. The van der Waals surface area contributed by atoms with E-state index in [0.717, 1.165) is 13.1 Å². The Labute approximate surface area is 82.9 Å². The molecule has 0 atom stereocenters. The largest absolute Gasteiger partial charge is 0.293 e. The van der Waals surface area contributed by atoms with E-state index in [1.165, 1.54) is 22.9 Å². The molecular formula is C10H14N2S. The van der Waals surface area contributed by atoms with Crippen LogP contribution in [0.1, 0.15) is 16.3 Å². The maximum atomic E-state index is 4.36. The van der Waals surface area contributed by atoms with Gasteiger partial charge in [-0.1, -0.05) is 12.2 Å². The Hall–Kier alpha value is -0.670. The van der Waals surface area contributed by atoms with E-state index in [2.05, 4.69) is 29.0 Å². The molecule has 3 heteroatoms. The summed E-state index contributed by atoms with van der Waals surface area (Å²) in [5.41, 5.74) is 0. The fourth-order valence-electron chi connectivity index (χ4n) is 1.50. The molecule has 0 N–H and O–H groups in total. The van der Waals surface area contributed by atoms with Crippen molar-refractivity contribution in [1.29, 1.82) is 0 Å². The maximum absolute atomic E-state index is 4.36. The van der Waals surface area contributed by atoms with Crippen molar-refractivity contribution >= 4 is 11.3 Å². The van der Waals surface area contributed by atoms with Crippen LogP contribution in [-0.4, -0.2) is 23.0 Å². The van der Waals surface area contributed by atoms with E-state index in [1.807, 2.05) is 6.20 Å². The minimum atomic E-state index is 1.02. The molecule has 2 rings (SSSR count). The number of hydrogen-bond acceptors (Lipinski definition) is 3. The van der Waals surface area contributed by atoms with Gasteiger partial charge in [0, 0.05) is 24.2 Å². The molecule has 0 aliphatic carbocycles. The Bertz CT molecular complexity index is 304. The number of aryl methyl sites for hydroxylation is 1. The summed E-state index contributed by atoms with van der Waals surface area (Å²) in [4.78, 5) is 8.10. The Morgan fingerprint density at radius 3 is 3.08 bits per heavy atom. The molecule has 0 saturated carbocycles. The van der Waals surface area contributed by atoms with Crippen LogP contribution in [0, 0.1) is 6.92 Å². The lowest BCUT2D eigenvalue weighted by Gasteiger charge is -2.21. The van der Waals surface area contributed by atoms with Crippen LogP contribution in [0.4, 0.5) is 0 Å². The van der Waals surface area contributed by atoms with Crippen molar-refractivity contribution in [3.05, 3.63) is 28.2 Å². The minimum absolute atomic E-state index is 1.02. The van der Waals surface area contributed by atoms with E-state index in [0.29, 0.717) is 0 Å². The Morgan fingerprint density at radius 1 is 1.54 bits per heavy atom. The first-order valence-electron chi connectivity index (χ1n) is 4.63. The van der Waals surface area contributed by atoms with Gasteiger partial charge in [0.2, 0.25) is 0 Å². The molecule has 1 aromatic heterocycles. The van der Waals surface area contributed by atoms with E-state index in [-0.39, 0.29) is 0 Å². The highest BCUT2D eigenvalue weighted by atomic mass is 32.1. The molecule has 1 aromatic rings. The van der Waals surface area contributed by atoms with Gasteiger partial charge in [-0.05, 0) is 13.3 Å². The smallest absolute Gasteiger partial charge is 0.107 e. The van der Waals surface area contributed by atoms with Crippen LogP contribution >= 0.6 is 11.3 Å². The van der Waals surface area contributed by atoms with Gasteiger partial charge in [-0.15, -0.1) is 11.3 Å². The van der Waals surface area contributed by atoms with E-state index in [4.69, 9.17) is 0 Å². The topological polar surface area (TPSA) is 16.1 Å². The Balaban J connectivity index is 1.94. The van der Waals surface area contributed by atoms with Crippen molar-refractivity contribution in [2.45, 2.75) is 19.9 Å². The zero-order valence-electron chi connectivity index (χ0n) is 7.86. The summed E-state index contributed by atoms with van der Waals surface area (Å²) in [7, 11) is 0. The molecule has 0 fully saturated rings. The standard InChI is InChI=1S/C10H14N2S/c1-9-7-11-10(13-9)8-12-5-3-2-4-6-12/h2-3,7H,4-6,8H2,1H3. The molecule has 70 valence electrons. The molecular weight excluding hydrogens is 180 g/mol. The van der Waals surface area contributed by atoms with Crippen molar-refractivity contribution in [2.24, 2.45) is 0 Å². The highest BCUT2D eigenvalue weighted by Gasteiger charge is 2.08. The molecule has 2 nitrogen and oxygen atoms in total. The van der Waals surface area contributed by atoms with Gasteiger partial charge in [-0.2, -0.15) is 0 Å². The molecule has 13 heavy (non-hydrogen) atoms. The van der Waals surface area contributed by atoms with Crippen LogP contribution in [0.3, 0.4) is 0 Å². The molecule has 0 saturated heterocycles. The van der Waals surface area contributed by atoms with Gasteiger partial charge < -0.3 is 0 Å². The minimum Gasteiger partial charge on any atom is -0.293 e. The quantitative estimate of drug-likeness (QED) is 0.671. The molecule has 0 unspecified atom stereocenters. The fraction of sp³-hybridized carbons (Fsp3) is 0.500. The monoisotopic (exact) mass is 194 g/mol. The second-order valence-corrected chi connectivity index (χ2v) is 4.68. The van der Waals surface area contributed by atoms with Gasteiger partial charge in [0.1, 0.15) is 5.01 Å². The number of hydrogen-bond donors (Lipinski definition) is 0. The number of nitrogens with zero attached hydrogens (tertiary/aromatic N) is 2. The number of thiazole rings is 1. The molecule has 0 amide bonds. The fourth-order valence-corrected chi connectivity index (χ4v) is 2.33. The van der Waals surface area contributed by atoms with E-state index >= 15 is 0 Å². The number of aromatic nitrogens is 1. The van der Waals surface area contributed by atoms with Crippen molar-refractivity contribution < 1.29 is 0 Å². The molecule has 0 radical (unpaired) electrons. The average Bonchev–Trinajstić information content (AvgIpc) is 2.53. The van der Waals surface area contributed by atoms with Gasteiger partial charge >= 0.3 is 0 Å². The lowest BCUT2D eigenvalue weighted by molar-refractivity contribution is 0.290. The van der Waals surface area contributed by atoms with Crippen molar-refractivity contribution in [3.63, 3.8) is 0 Å². The Kier molecular flexibility index (Phi) is 2.76. The van der Waals surface area contributed by atoms with E-state index in [1.54, 1.807) is 11.3 Å².